The van der Waals surface area contributed by atoms with Crippen LogP contribution in [0.3, 0.4) is 0 Å². The lowest BCUT2D eigenvalue weighted by Crippen LogP contribution is -2.17. The third kappa shape index (κ3) is 3.56. The van der Waals surface area contributed by atoms with Gasteiger partial charge in [0.25, 0.3) is 10.1 Å². The third-order valence-electron chi connectivity index (χ3n) is 3.49. The summed E-state index contributed by atoms with van der Waals surface area (Å²) in [5.74, 6) is 0.402. The van der Waals surface area contributed by atoms with Crippen molar-refractivity contribution in [3.8, 4) is 0 Å². The fourth-order valence-corrected chi connectivity index (χ4v) is 3.29. The number of rotatable bonds is 4. The van der Waals surface area contributed by atoms with Gasteiger partial charge in [0.2, 0.25) is 0 Å². The normalized spacial score (nSPS) is 17.8. The smallest absolute Gasteiger partial charge is 0.266 e. The second kappa shape index (κ2) is 5.85. The highest BCUT2D eigenvalue weighted by molar-refractivity contribution is 7.86. The average molecular weight is 268 g/mol. The van der Waals surface area contributed by atoms with Crippen molar-refractivity contribution >= 4 is 10.1 Å². The van der Waals surface area contributed by atoms with Gasteiger partial charge in [0.1, 0.15) is 0 Å². The Morgan fingerprint density at radius 2 is 1.72 bits per heavy atom. The zero-order valence-corrected chi connectivity index (χ0v) is 11.6. The SMILES string of the molecule is Cc1ccc(S(=O)(=O)OCC2CCCCC2)cc1. The molecule has 1 aliphatic carbocycles. The summed E-state index contributed by atoms with van der Waals surface area (Å²) in [6.07, 6.45) is 5.82. The van der Waals surface area contributed by atoms with E-state index in [2.05, 4.69) is 0 Å². The maximum absolute atomic E-state index is 12.0. The Balaban J connectivity index is 1.96. The van der Waals surface area contributed by atoms with Gasteiger partial charge in [-0.1, -0.05) is 37.0 Å². The summed E-state index contributed by atoms with van der Waals surface area (Å²) in [5.41, 5.74) is 1.04. The van der Waals surface area contributed by atoms with Gasteiger partial charge < -0.3 is 0 Å². The summed E-state index contributed by atoms with van der Waals surface area (Å²) in [5, 5.41) is 0. The Hall–Kier alpha value is -0.870. The molecule has 0 radical (unpaired) electrons. The highest BCUT2D eigenvalue weighted by atomic mass is 32.2. The van der Waals surface area contributed by atoms with Gasteiger partial charge in [-0.15, -0.1) is 0 Å². The van der Waals surface area contributed by atoms with Crippen LogP contribution in [-0.2, 0) is 14.3 Å². The number of benzene rings is 1. The monoisotopic (exact) mass is 268 g/mol. The maximum atomic E-state index is 12.0. The minimum atomic E-state index is -3.58. The van der Waals surface area contributed by atoms with Crippen molar-refractivity contribution in [3.05, 3.63) is 29.8 Å². The van der Waals surface area contributed by atoms with E-state index < -0.39 is 10.1 Å². The molecule has 18 heavy (non-hydrogen) atoms. The molecule has 0 aromatic heterocycles. The second-order valence-electron chi connectivity index (χ2n) is 5.06. The third-order valence-corrected chi connectivity index (χ3v) is 4.79. The maximum Gasteiger partial charge on any atom is 0.296 e. The van der Waals surface area contributed by atoms with Gasteiger partial charge in [0.05, 0.1) is 11.5 Å². The zero-order chi connectivity index (χ0) is 13.0. The van der Waals surface area contributed by atoms with E-state index in [-0.39, 0.29) is 4.90 Å². The molecule has 2 rings (SSSR count). The average Bonchev–Trinajstić information content (AvgIpc) is 2.38. The Kier molecular flexibility index (Phi) is 4.40. The fourth-order valence-electron chi connectivity index (χ4n) is 2.31. The van der Waals surface area contributed by atoms with Crippen LogP contribution < -0.4 is 0 Å². The molecule has 0 amide bonds. The molecule has 3 nitrogen and oxygen atoms in total. The van der Waals surface area contributed by atoms with Gasteiger partial charge in [0, 0.05) is 0 Å². The molecule has 0 heterocycles. The second-order valence-corrected chi connectivity index (χ2v) is 6.67. The van der Waals surface area contributed by atoms with Crippen LogP contribution in [0.5, 0.6) is 0 Å². The van der Waals surface area contributed by atoms with Crippen molar-refractivity contribution < 1.29 is 12.6 Å². The highest BCUT2D eigenvalue weighted by Crippen LogP contribution is 2.25. The Morgan fingerprint density at radius 3 is 2.33 bits per heavy atom. The van der Waals surface area contributed by atoms with Gasteiger partial charge in [-0.25, -0.2) is 0 Å². The summed E-state index contributed by atoms with van der Waals surface area (Å²) < 4.78 is 29.1. The van der Waals surface area contributed by atoms with E-state index in [1.165, 1.54) is 19.3 Å². The number of hydrogen-bond donors (Lipinski definition) is 0. The molecule has 1 aliphatic rings. The van der Waals surface area contributed by atoms with Gasteiger partial charge in [-0.3, -0.25) is 4.18 Å². The fraction of sp³-hybridized carbons (Fsp3) is 0.571. The van der Waals surface area contributed by atoms with E-state index in [4.69, 9.17) is 4.18 Å². The lowest BCUT2D eigenvalue weighted by molar-refractivity contribution is 0.214. The van der Waals surface area contributed by atoms with Gasteiger partial charge in [-0.05, 0) is 37.8 Å². The van der Waals surface area contributed by atoms with Crippen molar-refractivity contribution in [3.63, 3.8) is 0 Å². The lowest BCUT2D eigenvalue weighted by atomic mass is 9.90. The summed E-state index contributed by atoms with van der Waals surface area (Å²) in [6, 6.07) is 6.78. The molecule has 0 aliphatic heterocycles. The molecule has 0 spiro atoms. The zero-order valence-electron chi connectivity index (χ0n) is 10.8. The van der Waals surface area contributed by atoms with E-state index in [0.29, 0.717) is 12.5 Å². The molecule has 100 valence electrons. The Labute approximate surface area is 109 Å². The van der Waals surface area contributed by atoms with Crippen LogP contribution in [0.15, 0.2) is 29.2 Å². The Bertz CT molecular complexity index is 470. The molecule has 1 saturated carbocycles. The molecule has 0 bridgehead atoms. The van der Waals surface area contributed by atoms with Crippen LogP contribution in [0.25, 0.3) is 0 Å². The first-order valence-corrected chi connectivity index (χ1v) is 7.95. The minimum Gasteiger partial charge on any atom is -0.266 e. The molecule has 0 N–H and O–H groups in total. The molecule has 1 aromatic carbocycles. The van der Waals surface area contributed by atoms with E-state index in [1.54, 1.807) is 24.3 Å². The van der Waals surface area contributed by atoms with Crippen LogP contribution in [0.1, 0.15) is 37.7 Å². The standard InChI is InChI=1S/C14H20O3S/c1-12-7-9-14(10-8-12)18(15,16)17-11-13-5-3-2-4-6-13/h7-10,13H,2-6,11H2,1H3. The van der Waals surface area contributed by atoms with Gasteiger partial charge in [-0.2, -0.15) is 8.42 Å². The summed E-state index contributed by atoms with van der Waals surface area (Å²) in [6.45, 7) is 2.26. The number of aryl methyl sites for hydroxylation is 1. The highest BCUT2D eigenvalue weighted by Gasteiger charge is 2.19. The van der Waals surface area contributed by atoms with Crippen molar-refractivity contribution in [1.82, 2.24) is 0 Å². The van der Waals surface area contributed by atoms with Crippen LogP contribution in [0.2, 0.25) is 0 Å². The van der Waals surface area contributed by atoms with Crippen LogP contribution in [0.4, 0.5) is 0 Å². The molecule has 1 fully saturated rings. The van der Waals surface area contributed by atoms with Crippen LogP contribution >= 0.6 is 0 Å². The molecule has 4 heteroatoms. The molecular weight excluding hydrogens is 248 g/mol. The first-order chi connectivity index (χ1) is 8.58. The van der Waals surface area contributed by atoms with Crippen LogP contribution in [-0.4, -0.2) is 15.0 Å². The molecule has 0 saturated heterocycles. The number of hydrogen-bond acceptors (Lipinski definition) is 3. The topological polar surface area (TPSA) is 43.4 Å². The molecule has 0 atom stereocenters. The lowest BCUT2D eigenvalue weighted by Gasteiger charge is -2.20. The quantitative estimate of drug-likeness (QED) is 0.787. The Morgan fingerprint density at radius 1 is 1.11 bits per heavy atom. The van der Waals surface area contributed by atoms with Gasteiger partial charge in [0.15, 0.2) is 0 Å². The van der Waals surface area contributed by atoms with E-state index in [9.17, 15) is 8.42 Å². The van der Waals surface area contributed by atoms with Crippen molar-refractivity contribution in [2.24, 2.45) is 5.92 Å². The summed E-state index contributed by atoms with van der Waals surface area (Å²) in [7, 11) is -3.58. The van der Waals surface area contributed by atoms with Crippen molar-refractivity contribution in [2.75, 3.05) is 6.61 Å². The van der Waals surface area contributed by atoms with E-state index >= 15 is 0 Å². The molecular formula is C14H20O3S. The predicted molar refractivity (Wildman–Crippen MR) is 70.9 cm³/mol. The molecule has 0 unspecified atom stereocenters. The summed E-state index contributed by atoms with van der Waals surface area (Å²) >= 11 is 0. The predicted octanol–water partition coefficient (Wildman–Crippen LogP) is 3.28. The largest absolute Gasteiger partial charge is 0.296 e. The van der Waals surface area contributed by atoms with Crippen molar-refractivity contribution in [2.45, 2.75) is 43.9 Å². The minimum absolute atomic E-state index is 0.254. The van der Waals surface area contributed by atoms with E-state index in [0.717, 1.165) is 18.4 Å². The van der Waals surface area contributed by atoms with Gasteiger partial charge >= 0.3 is 0 Å². The van der Waals surface area contributed by atoms with Crippen LogP contribution in [0, 0.1) is 12.8 Å². The summed E-state index contributed by atoms with van der Waals surface area (Å²) in [4.78, 5) is 0.254. The van der Waals surface area contributed by atoms with Crippen molar-refractivity contribution in [1.29, 1.82) is 0 Å². The first-order valence-electron chi connectivity index (χ1n) is 6.54. The van der Waals surface area contributed by atoms with E-state index in [1.807, 2.05) is 6.92 Å². The molecule has 1 aromatic rings. The first kappa shape index (κ1) is 13.6.